The van der Waals surface area contributed by atoms with Crippen molar-refractivity contribution >= 4 is 0 Å². The van der Waals surface area contributed by atoms with Crippen molar-refractivity contribution in [3.63, 3.8) is 0 Å². The predicted molar refractivity (Wildman–Crippen MR) is 49.1 cm³/mol. The zero-order valence-corrected chi connectivity index (χ0v) is 7.88. The summed E-state index contributed by atoms with van der Waals surface area (Å²) in [5, 5.41) is 24.1. The van der Waals surface area contributed by atoms with Gasteiger partial charge in [-0.1, -0.05) is 13.8 Å². The Bertz CT molecular complexity index is 89.1. The molecular formula is C8H20N2O2. The molecule has 0 aliphatic heterocycles. The number of hydrogen-bond acceptors (Lipinski definition) is 4. The lowest BCUT2D eigenvalue weighted by Gasteiger charge is -2.24. The van der Waals surface area contributed by atoms with Gasteiger partial charge in [0.15, 0.2) is 0 Å². The smallest absolute Gasteiger partial charge is 0.0600 e. The molecule has 0 saturated heterocycles. The fourth-order valence-corrected chi connectivity index (χ4v) is 1.19. The van der Waals surface area contributed by atoms with E-state index in [2.05, 4.69) is 10.6 Å². The zero-order valence-electron chi connectivity index (χ0n) is 7.88. The number of likely N-dealkylation sites (N-methyl/N-ethyl adjacent to an activating group) is 2. The van der Waals surface area contributed by atoms with E-state index in [1.165, 1.54) is 0 Å². The van der Waals surface area contributed by atoms with E-state index in [0.717, 1.165) is 13.1 Å². The second-order valence-electron chi connectivity index (χ2n) is 2.69. The van der Waals surface area contributed by atoms with Crippen molar-refractivity contribution in [3.8, 4) is 0 Å². The van der Waals surface area contributed by atoms with Crippen LogP contribution in [0.3, 0.4) is 0 Å². The molecule has 0 spiro atoms. The van der Waals surface area contributed by atoms with Crippen molar-refractivity contribution in [1.29, 1.82) is 0 Å². The topological polar surface area (TPSA) is 64.5 Å². The third-order valence-corrected chi connectivity index (χ3v) is 1.81. The quantitative estimate of drug-likeness (QED) is 0.399. The Morgan fingerprint density at radius 1 is 0.917 bits per heavy atom. The molecule has 0 heterocycles. The first-order chi connectivity index (χ1) is 5.79. The largest absolute Gasteiger partial charge is 0.395 e. The van der Waals surface area contributed by atoms with Gasteiger partial charge in [0.25, 0.3) is 0 Å². The van der Waals surface area contributed by atoms with Gasteiger partial charge in [0, 0.05) is 12.1 Å². The lowest BCUT2D eigenvalue weighted by atomic mass is 10.1. The van der Waals surface area contributed by atoms with Gasteiger partial charge in [-0.3, -0.25) is 0 Å². The van der Waals surface area contributed by atoms with Crippen LogP contribution in [0.1, 0.15) is 13.8 Å². The van der Waals surface area contributed by atoms with Crippen molar-refractivity contribution in [1.82, 2.24) is 10.6 Å². The Hall–Kier alpha value is -0.160. The van der Waals surface area contributed by atoms with Crippen LogP contribution in [0.4, 0.5) is 0 Å². The van der Waals surface area contributed by atoms with Crippen LogP contribution in [-0.2, 0) is 0 Å². The maximum atomic E-state index is 8.97. The van der Waals surface area contributed by atoms with Crippen molar-refractivity contribution in [2.24, 2.45) is 0 Å². The van der Waals surface area contributed by atoms with Gasteiger partial charge in [-0.2, -0.15) is 0 Å². The predicted octanol–water partition coefficient (Wildman–Crippen LogP) is -1.07. The summed E-state index contributed by atoms with van der Waals surface area (Å²) < 4.78 is 0. The van der Waals surface area contributed by atoms with Crippen molar-refractivity contribution in [2.75, 3.05) is 26.3 Å². The molecule has 0 aliphatic carbocycles. The Morgan fingerprint density at radius 2 is 1.25 bits per heavy atom. The molecule has 0 aromatic rings. The summed E-state index contributed by atoms with van der Waals surface area (Å²) in [6.45, 7) is 5.64. The van der Waals surface area contributed by atoms with Gasteiger partial charge in [0.2, 0.25) is 0 Å². The van der Waals surface area contributed by atoms with Crippen molar-refractivity contribution in [2.45, 2.75) is 25.9 Å². The van der Waals surface area contributed by atoms with E-state index in [4.69, 9.17) is 10.2 Å². The van der Waals surface area contributed by atoms with Crippen LogP contribution in [0.25, 0.3) is 0 Å². The Balaban J connectivity index is 3.84. The molecule has 74 valence electrons. The average molecular weight is 176 g/mol. The van der Waals surface area contributed by atoms with Gasteiger partial charge in [0.05, 0.1) is 13.2 Å². The highest BCUT2D eigenvalue weighted by atomic mass is 16.3. The fourth-order valence-electron chi connectivity index (χ4n) is 1.19. The molecule has 0 unspecified atom stereocenters. The fraction of sp³-hybridized carbons (Fsp3) is 1.00. The molecule has 0 rings (SSSR count). The van der Waals surface area contributed by atoms with E-state index in [-0.39, 0.29) is 25.3 Å². The monoisotopic (exact) mass is 176 g/mol. The molecular weight excluding hydrogens is 156 g/mol. The van der Waals surface area contributed by atoms with Crippen LogP contribution in [0.5, 0.6) is 0 Å². The maximum Gasteiger partial charge on any atom is 0.0600 e. The number of aliphatic hydroxyl groups excluding tert-OH is 2. The van der Waals surface area contributed by atoms with E-state index in [0.29, 0.717) is 0 Å². The van der Waals surface area contributed by atoms with Crippen LogP contribution in [-0.4, -0.2) is 48.6 Å². The highest BCUT2D eigenvalue weighted by Gasteiger charge is 2.17. The summed E-state index contributed by atoms with van der Waals surface area (Å²) in [6, 6.07) is -0.111. The summed E-state index contributed by atoms with van der Waals surface area (Å²) in [6.07, 6.45) is 0. The maximum absolute atomic E-state index is 8.97. The third-order valence-electron chi connectivity index (χ3n) is 1.81. The summed E-state index contributed by atoms with van der Waals surface area (Å²) in [5.74, 6) is 0. The standard InChI is InChI=1S/C8H20N2O2/c1-3-9-7(5-11)8(6-12)10-4-2/h7-12H,3-6H2,1-2H3/t7-,8-/m1/s1. The minimum atomic E-state index is -0.0556. The molecule has 0 radical (unpaired) electrons. The number of hydrogen-bond donors (Lipinski definition) is 4. The van der Waals surface area contributed by atoms with Gasteiger partial charge in [-0.25, -0.2) is 0 Å². The highest BCUT2D eigenvalue weighted by Crippen LogP contribution is 1.91. The van der Waals surface area contributed by atoms with Gasteiger partial charge in [0.1, 0.15) is 0 Å². The molecule has 2 atom stereocenters. The van der Waals surface area contributed by atoms with Crippen molar-refractivity contribution in [3.05, 3.63) is 0 Å². The molecule has 0 saturated carbocycles. The Morgan fingerprint density at radius 3 is 1.42 bits per heavy atom. The first kappa shape index (κ1) is 11.8. The lowest BCUT2D eigenvalue weighted by Crippen LogP contribution is -2.52. The molecule has 0 aliphatic rings. The van der Waals surface area contributed by atoms with E-state index < -0.39 is 0 Å². The van der Waals surface area contributed by atoms with Gasteiger partial charge < -0.3 is 20.8 Å². The highest BCUT2D eigenvalue weighted by molar-refractivity contribution is 4.80. The lowest BCUT2D eigenvalue weighted by molar-refractivity contribution is 0.162. The number of aliphatic hydroxyl groups is 2. The van der Waals surface area contributed by atoms with Crippen LogP contribution in [0, 0.1) is 0 Å². The van der Waals surface area contributed by atoms with Crippen LogP contribution < -0.4 is 10.6 Å². The normalized spacial score (nSPS) is 16.0. The molecule has 4 nitrogen and oxygen atoms in total. The summed E-state index contributed by atoms with van der Waals surface area (Å²) in [4.78, 5) is 0. The molecule has 4 N–H and O–H groups in total. The summed E-state index contributed by atoms with van der Waals surface area (Å²) >= 11 is 0. The third kappa shape index (κ3) is 4.01. The van der Waals surface area contributed by atoms with Gasteiger partial charge in [-0.15, -0.1) is 0 Å². The Labute approximate surface area is 74.0 Å². The van der Waals surface area contributed by atoms with Gasteiger partial charge in [-0.05, 0) is 13.1 Å². The first-order valence-electron chi connectivity index (χ1n) is 4.48. The average Bonchev–Trinajstić information content (AvgIpc) is 2.11. The molecule has 12 heavy (non-hydrogen) atoms. The SMILES string of the molecule is CCN[C@H](CO)[C@@H](CO)NCC. The van der Waals surface area contributed by atoms with E-state index >= 15 is 0 Å². The second-order valence-corrected chi connectivity index (χ2v) is 2.69. The number of rotatable bonds is 7. The Kier molecular flexibility index (Phi) is 7.39. The van der Waals surface area contributed by atoms with E-state index in [9.17, 15) is 0 Å². The zero-order chi connectivity index (χ0) is 9.40. The number of nitrogens with one attached hydrogen (secondary N) is 2. The summed E-state index contributed by atoms with van der Waals surface area (Å²) in [7, 11) is 0. The minimum absolute atomic E-state index is 0.0477. The second kappa shape index (κ2) is 7.49. The van der Waals surface area contributed by atoms with Crippen LogP contribution >= 0.6 is 0 Å². The van der Waals surface area contributed by atoms with Crippen LogP contribution in [0.15, 0.2) is 0 Å². The molecule has 0 fully saturated rings. The first-order valence-corrected chi connectivity index (χ1v) is 4.48. The van der Waals surface area contributed by atoms with E-state index in [1.807, 2.05) is 13.8 Å². The van der Waals surface area contributed by atoms with E-state index in [1.54, 1.807) is 0 Å². The summed E-state index contributed by atoms with van der Waals surface area (Å²) in [5.41, 5.74) is 0. The molecule has 4 heteroatoms. The molecule has 0 amide bonds. The molecule has 0 aromatic carbocycles. The van der Waals surface area contributed by atoms with Crippen molar-refractivity contribution < 1.29 is 10.2 Å². The molecule has 0 bridgehead atoms. The molecule has 0 aromatic heterocycles. The minimum Gasteiger partial charge on any atom is -0.395 e. The van der Waals surface area contributed by atoms with Gasteiger partial charge >= 0.3 is 0 Å². The van der Waals surface area contributed by atoms with Crippen LogP contribution in [0.2, 0.25) is 0 Å².